The lowest BCUT2D eigenvalue weighted by molar-refractivity contribution is -0.126. The van der Waals surface area contributed by atoms with Gasteiger partial charge in [0.1, 0.15) is 5.82 Å². The fourth-order valence-electron chi connectivity index (χ4n) is 7.26. The number of likely N-dealkylation sites (N-methyl/N-ethyl adjacent to an activating group) is 1. The second kappa shape index (κ2) is 13.6. The van der Waals surface area contributed by atoms with Crippen LogP contribution in [-0.2, 0) is 16.8 Å². The number of rotatable bonds is 9. The van der Waals surface area contributed by atoms with E-state index in [0.29, 0.717) is 23.7 Å². The third kappa shape index (κ3) is 6.69. The summed E-state index contributed by atoms with van der Waals surface area (Å²) in [5.41, 5.74) is 5.21. The molecule has 9 nitrogen and oxygen atoms in total. The fourth-order valence-corrected chi connectivity index (χ4v) is 7.26. The van der Waals surface area contributed by atoms with E-state index >= 15 is 0 Å². The number of hydrogen-bond donors (Lipinski definition) is 3. The minimum Gasteiger partial charge on any atom is -0.357 e. The van der Waals surface area contributed by atoms with Crippen molar-refractivity contribution in [3.8, 4) is 11.1 Å². The highest BCUT2D eigenvalue weighted by molar-refractivity contribution is 5.99. The van der Waals surface area contributed by atoms with Crippen LogP contribution in [0.25, 0.3) is 11.1 Å². The van der Waals surface area contributed by atoms with E-state index in [1.54, 1.807) is 0 Å². The zero-order valence-electron chi connectivity index (χ0n) is 27.7. The molecule has 0 atom stereocenters. The van der Waals surface area contributed by atoms with Crippen molar-refractivity contribution >= 4 is 17.6 Å². The minimum atomic E-state index is -0.694. The maximum absolute atomic E-state index is 13.9. The van der Waals surface area contributed by atoms with Crippen molar-refractivity contribution in [1.29, 1.82) is 0 Å². The molecule has 0 spiro atoms. The van der Waals surface area contributed by atoms with Crippen LogP contribution in [-0.4, -0.2) is 66.5 Å². The average molecular weight is 613 g/mol. The number of aromatic nitrogens is 2. The van der Waals surface area contributed by atoms with Crippen LogP contribution in [0, 0.1) is 20.8 Å². The molecular weight excluding hydrogens is 564 g/mol. The number of aryl methyl sites for hydroxylation is 2. The predicted molar refractivity (Wildman–Crippen MR) is 180 cm³/mol. The van der Waals surface area contributed by atoms with E-state index in [9.17, 15) is 14.4 Å². The van der Waals surface area contributed by atoms with E-state index < -0.39 is 5.41 Å². The third-order valence-electron chi connectivity index (χ3n) is 9.92. The number of carbonyl (C=O) groups excluding carboxylic acids is 2. The molecule has 3 aromatic rings. The van der Waals surface area contributed by atoms with Crippen LogP contribution >= 0.6 is 0 Å². The first-order chi connectivity index (χ1) is 21.5. The van der Waals surface area contributed by atoms with E-state index in [4.69, 9.17) is 4.98 Å². The molecule has 45 heavy (non-hydrogen) atoms. The molecule has 3 heterocycles. The van der Waals surface area contributed by atoms with Gasteiger partial charge in [-0.05, 0) is 120 Å². The van der Waals surface area contributed by atoms with Crippen LogP contribution in [0.1, 0.15) is 83.8 Å². The summed E-state index contributed by atoms with van der Waals surface area (Å²) in [6, 6.07) is 10.6. The Hall–Kier alpha value is -3.98. The van der Waals surface area contributed by atoms with Gasteiger partial charge in [0.05, 0.1) is 5.41 Å². The molecule has 2 fully saturated rings. The normalized spacial score (nSPS) is 16.6. The smallest absolute Gasteiger partial charge is 0.253 e. The third-order valence-corrected chi connectivity index (χ3v) is 9.92. The SMILES string of the molecule is CCNC(=O)C1(c2cc(-c3ccc(N4CCC(N(C)C)CC4)nc3)cc(C(=O)NCc3c(C)cc(C)[nH]c3=O)c2C)CCCC1. The number of nitrogens with zero attached hydrogens (tertiary/aromatic N) is 3. The van der Waals surface area contributed by atoms with Crippen molar-refractivity contribution in [3.63, 3.8) is 0 Å². The molecule has 9 heteroatoms. The van der Waals surface area contributed by atoms with Gasteiger partial charge in [0.25, 0.3) is 11.5 Å². The molecule has 240 valence electrons. The molecule has 0 unspecified atom stereocenters. The number of piperidine rings is 1. The molecule has 1 aromatic carbocycles. The molecule has 0 bridgehead atoms. The molecule has 0 radical (unpaired) electrons. The maximum Gasteiger partial charge on any atom is 0.253 e. The lowest BCUT2D eigenvalue weighted by atomic mass is 9.74. The van der Waals surface area contributed by atoms with Crippen LogP contribution in [0.15, 0.2) is 41.3 Å². The second-order valence-electron chi connectivity index (χ2n) is 13.1. The summed E-state index contributed by atoms with van der Waals surface area (Å²) in [6.07, 6.45) is 7.48. The number of aromatic amines is 1. The Morgan fingerprint density at radius 3 is 2.33 bits per heavy atom. The fraction of sp³-hybridized carbons (Fsp3) is 0.500. The first kappa shape index (κ1) is 32.4. The van der Waals surface area contributed by atoms with Crippen molar-refractivity contribution in [2.45, 2.75) is 84.2 Å². The Kier molecular flexibility index (Phi) is 9.77. The second-order valence-corrected chi connectivity index (χ2v) is 13.1. The van der Waals surface area contributed by atoms with Crippen molar-refractivity contribution in [3.05, 3.63) is 80.4 Å². The molecule has 1 saturated carbocycles. The number of H-pyrrole nitrogens is 1. The first-order valence-electron chi connectivity index (χ1n) is 16.3. The van der Waals surface area contributed by atoms with E-state index in [-0.39, 0.29) is 23.9 Å². The van der Waals surface area contributed by atoms with Crippen molar-refractivity contribution in [1.82, 2.24) is 25.5 Å². The maximum atomic E-state index is 13.9. The average Bonchev–Trinajstić information content (AvgIpc) is 3.52. The van der Waals surface area contributed by atoms with E-state index in [2.05, 4.69) is 57.7 Å². The Bertz CT molecular complexity index is 1600. The Morgan fingerprint density at radius 2 is 1.73 bits per heavy atom. The van der Waals surface area contributed by atoms with Gasteiger partial charge in [-0.1, -0.05) is 12.8 Å². The number of benzene rings is 1. The van der Waals surface area contributed by atoms with Gasteiger partial charge >= 0.3 is 0 Å². The Morgan fingerprint density at radius 1 is 1.02 bits per heavy atom. The highest BCUT2D eigenvalue weighted by Crippen LogP contribution is 2.45. The van der Waals surface area contributed by atoms with Gasteiger partial charge in [-0.2, -0.15) is 0 Å². The quantitative estimate of drug-likeness (QED) is 0.321. The van der Waals surface area contributed by atoms with Crippen molar-refractivity contribution < 1.29 is 9.59 Å². The molecule has 5 rings (SSSR count). The van der Waals surface area contributed by atoms with Gasteiger partial charge in [-0.25, -0.2) is 4.98 Å². The van der Waals surface area contributed by atoms with E-state index in [1.807, 2.05) is 46.0 Å². The molecular formula is C36H48N6O3. The summed E-state index contributed by atoms with van der Waals surface area (Å²) in [5, 5.41) is 6.08. The van der Waals surface area contributed by atoms with Crippen LogP contribution < -0.4 is 21.1 Å². The first-order valence-corrected chi connectivity index (χ1v) is 16.3. The molecule has 1 saturated heterocycles. The predicted octanol–water partition coefficient (Wildman–Crippen LogP) is 4.77. The van der Waals surface area contributed by atoms with Gasteiger partial charge in [0.2, 0.25) is 5.91 Å². The standard InChI is InChI=1S/C36H48N6O3/c1-7-37-35(45)36(14-8-9-15-36)31-20-27(26-10-11-32(38-21-26)42-16-12-28(13-17-42)41(5)6)19-29(25(31)4)33(43)39-22-30-23(2)18-24(3)40-34(30)44/h10-11,18-21,28H,7-9,12-17,22H2,1-6H3,(H,37,45)(H,39,43)(H,40,44). The molecule has 2 amide bonds. The van der Waals surface area contributed by atoms with Gasteiger partial charge in [-0.15, -0.1) is 0 Å². The number of amides is 2. The number of nitrogens with one attached hydrogen (secondary N) is 3. The van der Waals surface area contributed by atoms with E-state index in [0.717, 1.165) is 90.9 Å². The molecule has 1 aliphatic carbocycles. The number of hydrogen-bond acceptors (Lipinski definition) is 6. The van der Waals surface area contributed by atoms with Crippen LogP contribution in [0.5, 0.6) is 0 Å². The van der Waals surface area contributed by atoms with Crippen LogP contribution in [0.4, 0.5) is 5.82 Å². The summed E-state index contributed by atoms with van der Waals surface area (Å²) in [7, 11) is 4.28. The van der Waals surface area contributed by atoms with Gasteiger partial charge in [-0.3, -0.25) is 14.4 Å². The van der Waals surface area contributed by atoms with Gasteiger partial charge in [0.15, 0.2) is 0 Å². The number of anilines is 1. The Labute approximate surface area is 266 Å². The molecule has 1 aliphatic heterocycles. The summed E-state index contributed by atoms with van der Waals surface area (Å²) in [6.45, 7) is 10.2. The van der Waals surface area contributed by atoms with Crippen LogP contribution in [0.3, 0.4) is 0 Å². The van der Waals surface area contributed by atoms with E-state index in [1.165, 1.54) is 0 Å². The highest BCUT2D eigenvalue weighted by atomic mass is 16.2. The molecule has 3 N–H and O–H groups in total. The molecule has 2 aliphatic rings. The summed E-state index contributed by atoms with van der Waals surface area (Å²) in [5.74, 6) is 0.701. The van der Waals surface area contributed by atoms with Crippen molar-refractivity contribution in [2.24, 2.45) is 0 Å². The van der Waals surface area contributed by atoms with Crippen molar-refractivity contribution in [2.75, 3.05) is 38.6 Å². The summed E-state index contributed by atoms with van der Waals surface area (Å²) in [4.78, 5) is 52.5. The number of pyridine rings is 2. The lowest BCUT2D eigenvalue weighted by Gasteiger charge is -2.35. The summed E-state index contributed by atoms with van der Waals surface area (Å²) >= 11 is 0. The molecule has 2 aromatic heterocycles. The largest absolute Gasteiger partial charge is 0.357 e. The lowest BCUT2D eigenvalue weighted by Crippen LogP contribution is -2.43. The topological polar surface area (TPSA) is 110 Å². The zero-order chi connectivity index (χ0) is 32.3. The Balaban J connectivity index is 1.51. The summed E-state index contributed by atoms with van der Waals surface area (Å²) < 4.78 is 0. The van der Waals surface area contributed by atoms with Crippen LogP contribution in [0.2, 0.25) is 0 Å². The number of carbonyl (C=O) groups is 2. The monoisotopic (exact) mass is 612 g/mol. The highest BCUT2D eigenvalue weighted by Gasteiger charge is 2.44. The van der Waals surface area contributed by atoms with Gasteiger partial charge < -0.3 is 25.4 Å². The van der Waals surface area contributed by atoms with Gasteiger partial charge in [0, 0.05) is 60.8 Å². The zero-order valence-corrected chi connectivity index (χ0v) is 27.7. The minimum absolute atomic E-state index is 0.0190.